The zero-order valence-electron chi connectivity index (χ0n) is 13.1. The maximum Gasteiger partial charge on any atom is 0.283 e. The van der Waals surface area contributed by atoms with E-state index in [-0.39, 0.29) is 28.4 Å². The predicted molar refractivity (Wildman–Crippen MR) is 86.9 cm³/mol. The lowest BCUT2D eigenvalue weighted by Gasteiger charge is -2.37. The van der Waals surface area contributed by atoms with Gasteiger partial charge in [-0.15, -0.1) is 0 Å². The third-order valence-corrected chi connectivity index (χ3v) is 4.27. The van der Waals surface area contributed by atoms with Gasteiger partial charge in [0.05, 0.1) is 23.2 Å². The molecule has 1 aromatic rings. The molecule has 0 saturated carbocycles. The molecule has 8 heteroatoms. The Balaban J connectivity index is 2.04. The highest BCUT2D eigenvalue weighted by atomic mass is 35.5. The summed E-state index contributed by atoms with van der Waals surface area (Å²) in [6, 6.07) is 4.56. The van der Waals surface area contributed by atoms with E-state index in [1.54, 1.807) is 0 Å². The van der Waals surface area contributed by atoms with Crippen LogP contribution >= 0.6 is 11.6 Å². The second-order valence-electron chi connectivity index (χ2n) is 5.61. The first-order valence-electron chi connectivity index (χ1n) is 7.46. The van der Waals surface area contributed by atoms with Crippen LogP contribution in [0.25, 0.3) is 0 Å². The minimum Gasteiger partial charge on any atom is -0.379 e. The highest BCUT2D eigenvalue weighted by Gasteiger charge is 2.26. The Hall–Kier alpha value is -1.70. The van der Waals surface area contributed by atoms with Crippen molar-refractivity contribution in [3.8, 4) is 0 Å². The van der Waals surface area contributed by atoms with Crippen LogP contribution in [0, 0.1) is 10.1 Å². The number of ether oxygens (including phenoxy) is 1. The molecule has 7 nitrogen and oxygen atoms in total. The minimum absolute atomic E-state index is 0.0732. The maximum atomic E-state index is 12.3. The van der Waals surface area contributed by atoms with Crippen molar-refractivity contribution in [1.82, 2.24) is 10.2 Å². The highest BCUT2D eigenvalue weighted by Crippen LogP contribution is 2.26. The number of nitro benzene ring substituents is 1. The van der Waals surface area contributed by atoms with Crippen molar-refractivity contribution in [2.24, 2.45) is 0 Å². The number of halogens is 1. The number of nitrogens with one attached hydrogen (secondary N) is 1. The normalized spacial score (nSPS) is 20.0. The lowest BCUT2D eigenvalue weighted by Crippen LogP contribution is -2.51. The number of hydrogen-bond donors (Lipinski definition) is 1. The van der Waals surface area contributed by atoms with Crippen molar-refractivity contribution in [3.63, 3.8) is 0 Å². The van der Waals surface area contributed by atoms with Crippen molar-refractivity contribution in [1.29, 1.82) is 0 Å². The van der Waals surface area contributed by atoms with Crippen LogP contribution in [0.4, 0.5) is 5.69 Å². The van der Waals surface area contributed by atoms with Crippen LogP contribution in [0.3, 0.4) is 0 Å². The number of amides is 1. The summed E-state index contributed by atoms with van der Waals surface area (Å²) in [4.78, 5) is 25.0. The van der Waals surface area contributed by atoms with E-state index < -0.39 is 10.8 Å². The Morgan fingerprint density at radius 1 is 1.61 bits per heavy atom. The van der Waals surface area contributed by atoms with E-state index in [0.29, 0.717) is 19.8 Å². The molecule has 1 saturated heterocycles. The highest BCUT2D eigenvalue weighted by molar-refractivity contribution is 6.34. The summed E-state index contributed by atoms with van der Waals surface area (Å²) in [7, 11) is 0. The van der Waals surface area contributed by atoms with Crippen LogP contribution in [0.2, 0.25) is 5.02 Å². The molecule has 126 valence electrons. The second-order valence-corrected chi connectivity index (χ2v) is 6.02. The molecule has 1 aliphatic heterocycles. The van der Waals surface area contributed by atoms with Gasteiger partial charge in [0.2, 0.25) is 0 Å². The van der Waals surface area contributed by atoms with E-state index in [1.807, 2.05) is 6.92 Å². The lowest BCUT2D eigenvalue weighted by atomic mass is 10.1. The molecule has 0 bridgehead atoms. The molecule has 1 aliphatic rings. The van der Waals surface area contributed by atoms with Crippen molar-refractivity contribution < 1.29 is 14.5 Å². The molecule has 1 fully saturated rings. The molecular formula is C15H20ClN3O4. The number of carbonyl (C=O) groups is 1. The topological polar surface area (TPSA) is 84.7 Å². The third-order valence-electron chi connectivity index (χ3n) is 3.96. The van der Waals surface area contributed by atoms with Gasteiger partial charge in [0.25, 0.3) is 11.6 Å². The van der Waals surface area contributed by atoms with Crippen molar-refractivity contribution in [2.45, 2.75) is 25.9 Å². The largest absolute Gasteiger partial charge is 0.379 e. The zero-order chi connectivity index (χ0) is 17.0. The number of benzene rings is 1. The van der Waals surface area contributed by atoms with Gasteiger partial charge in [-0.3, -0.25) is 19.8 Å². The molecule has 2 atom stereocenters. The van der Waals surface area contributed by atoms with E-state index in [9.17, 15) is 14.9 Å². The number of nitrogens with zero attached hydrogens (tertiary/aromatic N) is 2. The van der Waals surface area contributed by atoms with Gasteiger partial charge in [-0.05, 0) is 19.9 Å². The fourth-order valence-electron chi connectivity index (χ4n) is 2.73. The summed E-state index contributed by atoms with van der Waals surface area (Å²) in [6.07, 6.45) is 0. The monoisotopic (exact) mass is 341 g/mol. The number of hydrogen-bond acceptors (Lipinski definition) is 5. The molecule has 1 aromatic carbocycles. The van der Waals surface area contributed by atoms with Crippen LogP contribution in [-0.4, -0.2) is 54.1 Å². The van der Waals surface area contributed by atoms with Gasteiger partial charge in [-0.25, -0.2) is 0 Å². The predicted octanol–water partition coefficient (Wildman–Crippen LogP) is 2.09. The molecule has 1 N–H and O–H groups in total. The number of morpholine rings is 1. The molecule has 0 aliphatic carbocycles. The molecule has 0 unspecified atom stereocenters. The SMILES string of the molecule is C[C@@H]1COCCN1[C@@H](C)CNC(=O)c1c(Cl)cccc1[N+](=O)[O-]. The van der Waals surface area contributed by atoms with Crippen LogP contribution in [0.5, 0.6) is 0 Å². The third kappa shape index (κ3) is 4.19. The van der Waals surface area contributed by atoms with E-state index in [1.165, 1.54) is 18.2 Å². The minimum atomic E-state index is -0.603. The molecule has 0 radical (unpaired) electrons. The van der Waals surface area contributed by atoms with Gasteiger partial charge in [0.1, 0.15) is 5.56 Å². The summed E-state index contributed by atoms with van der Waals surface area (Å²) >= 11 is 5.96. The van der Waals surface area contributed by atoms with Crippen LogP contribution in [0.1, 0.15) is 24.2 Å². The first kappa shape index (κ1) is 17.7. The van der Waals surface area contributed by atoms with Crippen molar-refractivity contribution in [2.75, 3.05) is 26.3 Å². The first-order valence-corrected chi connectivity index (χ1v) is 7.84. The van der Waals surface area contributed by atoms with Crippen molar-refractivity contribution >= 4 is 23.2 Å². The molecule has 0 aromatic heterocycles. The van der Waals surface area contributed by atoms with Gasteiger partial charge in [-0.2, -0.15) is 0 Å². The number of carbonyl (C=O) groups excluding carboxylic acids is 1. The van der Waals surface area contributed by atoms with Gasteiger partial charge < -0.3 is 10.1 Å². The van der Waals surface area contributed by atoms with Gasteiger partial charge in [-0.1, -0.05) is 17.7 Å². The van der Waals surface area contributed by atoms with Crippen molar-refractivity contribution in [3.05, 3.63) is 38.9 Å². The quantitative estimate of drug-likeness (QED) is 0.654. The fourth-order valence-corrected chi connectivity index (χ4v) is 2.99. The van der Waals surface area contributed by atoms with Gasteiger partial charge in [0, 0.05) is 31.2 Å². The standard InChI is InChI=1S/C15H20ClN3O4/c1-10(18-6-7-23-9-11(18)2)8-17-15(20)14-12(16)4-3-5-13(14)19(21)22/h3-5,10-11H,6-9H2,1-2H3,(H,17,20)/t10-,11+/m0/s1. The Morgan fingerprint density at radius 3 is 3.00 bits per heavy atom. The zero-order valence-corrected chi connectivity index (χ0v) is 13.9. The van der Waals surface area contributed by atoms with E-state index in [4.69, 9.17) is 16.3 Å². The maximum absolute atomic E-state index is 12.3. The van der Waals surface area contributed by atoms with Crippen LogP contribution in [0.15, 0.2) is 18.2 Å². The summed E-state index contributed by atoms with van der Waals surface area (Å²) in [5, 5.41) is 13.9. The lowest BCUT2D eigenvalue weighted by molar-refractivity contribution is -0.385. The summed E-state index contributed by atoms with van der Waals surface area (Å²) < 4.78 is 5.39. The Morgan fingerprint density at radius 2 is 2.35 bits per heavy atom. The smallest absolute Gasteiger partial charge is 0.283 e. The second kappa shape index (κ2) is 7.72. The molecule has 0 spiro atoms. The fraction of sp³-hybridized carbons (Fsp3) is 0.533. The number of nitro groups is 1. The molecule has 23 heavy (non-hydrogen) atoms. The summed E-state index contributed by atoms with van der Waals surface area (Å²) in [5.41, 5.74) is -0.385. The average molecular weight is 342 g/mol. The van der Waals surface area contributed by atoms with E-state index >= 15 is 0 Å². The summed E-state index contributed by atoms with van der Waals surface area (Å²) in [5.74, 6) is -0.532. The Kier molecular flexibility index (Phi) is 5.92. The Labute approximate surface area is 139 Å². The van der Waals surface area contributed by atoms with E-state index in [2.05, 4.69) is 17.1 Å². The number of rotatable bonds is 5. The summed E-state index contributed by atoms with van der Waals surface area (Å²) in [6.45, 7) is 6.57. The van der Waals surface area contributed by atoms with Crippen LogP contribution < -0.4 is 5.32 Å². The van der Waals surface area contributed by atoms with Gasteiger partial charge >= 0.3 is 0 Å². The Bertz CT molecular complexity index is 596. The van der Waals surface area contributed by atoms with Gasteiger partial charge in [0.15, 0.2) is 0 Å². The first-order chi connectivity index (χ1) is 10.9. The van der Waals surface area contributed by atoms with E-state index in [0.717, 1.165) is 6.54 Å². The molecular weight excluding hydrogens is 322 g/mol. The molecule has 1 amide bonds. The van der Waals surface area contributed by atoms with Crippen LogP contribution in [-0.2, 0) is 4.74 Å². The average Bonchev–Trinajstić information content (AvgIpc) is 2.52. The molecule has 1 heterocycles. The molecule has 2 rings (SSSR count).